The number of H-pyrrole nitrogens is 1. The van der Waals surface area contributed by atoms with Crippen LogP contribution in [0.2, 0.25) is 0 Å². The first-order chi connectivity index (χ1) is 6.11. The van der Waals surface area contributed by atoms with E-state index >= 15 is 0 Å². The quantitative estimate of drug-likeness (QED) is 0.425. The minimum Gasteiger partial charge on any atom is -0.506 e. The Bertz CT molecular complexity index is 471. The number of phenolic OH excluding ortho intramolecular Hbond substituents is 1. The molecule has 1 heterocycles. The Morgan fingerprint density at radius 2 is 2.00 bits per heavy atom. The number of aromatic hydroxyl groups is 1. The predicted molar refractivity (Wildman–Crippen MR) is 53.8 cm³/mol. The Morgan fingerprint density at radius 3 is 2.69 bits per heavy atom. The molecule has 3 nitrogen and oxygen atoms in total. The van der Waals surface area contributed by atoms with E-state index in [9.17, 15) is 5.11 Å². The van der Waals surface area contributed by atoms with Crippen molar-refractivity contribution in [2.24, 2.45) is 0 Å². The van der Waals surface area contributed by atoms with E-state index in [1.807, 2.05) is 19.9 Å². The molecule has 3 heteroatoms. The third-order valence-corrected chi connectivity index (χ3v) is 2.48. The standard InChI is InChI=1S/C10H12N2O/c1-5-6(2)12-7-3-4-8(13)10(11)9(5)7/h3-4,12-13H,11H2,1-2H3. The average molecular weight is 176 g/mol. The van der Waals surface area contributed by atoms with Crippen molar-refractivity contribution in [1.29, 1.82) is 0 Å². The maximum absolute atomic E-state index is 9.41. The minimum absolute atomic E-state index is 0.148. The molecular formula is C10H12N2O. The molecule has 0 aliphatic carbocycles. The number of hydrogen-bond donors (Lipinski definition) is 3. The smallest absolute Gasteiger partial charge is 0.139 e. The van der Waals surface area contributed by atoms with Gasteiger partial charge in [0, 0.05) is 16.6 Å². The van der Waals surface area contributed by atoms with Gasteiger partial charge < -0.3 is 15.8 Å². The highest BCUT2D eigenvalue weighted by Crippen LogP contribution is 2.32. The van der Waals surface area contributed by atoms with Crippen molar-refractivity contribution in [1.82, 2.24) is 4.98 Å². The summed E-state index contributed by atoms with van der Waals surface area (Å²) in [6.45, 7) is 3.98. The minimum atomic E-state index is 0.148. The highest BCUT2D eigenvalue weighted by molar-refractivity contribution is 5.97. The van der Waals surface area contributed by atoms with Gasteiger partial charge in [-0.1, -0.05) is 0 Å². The lowest BCUT2D eigenvalue weighted by Crippen LogP contribution is -1.87. The highest BCUT2D eigenvalue weighted by atomic mass is 16.3. The Labute approximate surface area is 76.2 Å². The maximum Gasteiger partial charge on any atom is 0.139 e. The first-order valence-corrected chi connectivity index (χ1v) is 4.17. The van der Waals surface area contributed by atoms with E-state index < -0.39 is 0 Å². The summed E-state index contributed by atoms with van der Waals surface area (Å²) >= 11 is 0. The number of aryl methyl sites for hydroxylation is 2. The fourth-order valence-electron chi connectivity index (χ4n) is 1.60. The Balaban J connectivity index is 2.97. The summed E-state index contributed by atoms with van der Waals surface area (Å²) in [7, 11) is 0. The summed E-state index contributed by atoms with van der Waals surface area (Å²) in [6, 6.07) is 3.44. The van der Waals surface area contributed by atoms with Gasteiger partial charge in [-0.15, -0.1) is 0 Å². The molecule has 13 heavy (non-hydrogen) atoms. The molecular weight excluding hydrogens is 164 g/mol. The second-order valence-corrected chi connectivity index (χ2v) is 3.30. The van der Waals surface area contributed by atoms with Gasteiger partial charge in [0.1, 0.15) is 5.75 Å². The van der Waals surface area contributed by atoms with Crippen molar-refractivity contribution in [3.8, 4) is 5.75 Å². The van der Waals surface area contributed by atoms with Gasteiger partial charge in [-0.05, 0) is 31.5 Å². The second-order valence-electron chi connectivity index (χ2n) is 3.30. The van der Waals surface area contributed by atoms with Gasteiger partial charge in [-0.2, -0.15) is 0 Å². The molecule has 2 aromatic rings. The number of fused-ring (bicyclic) bond motifs is 1. The number of benzene rings is 1. The monoisotopic (exact) mass is 176 g/mol. The van der Waals surface area contributed by atoms with E-state index in [4.69, 9.17) is 5.73 Å². The van der Waals surface area contributed by atoms with Crippen molar-refractivity contribution in [2.45, 2.75) is 13.8 Å². The van der Waals surface area contributed by atoms with Crippen molar-refractivity contribution in [3.63, 3.8) is 0 Å². The number of phenols is 1. The van der Waals surface area contributed by atoms with E-state index in [-0.39, 0.29) is 5.75 Å². The van der Waals surface area contributed by atoms with Crippen LogP contribution in [0.1, 0.15) is 11.3 Å². The molecule has 0 unspecified atom stereocenters. The van der Waals surface area contributed by atoms with Crippen LogP contribution in [0.3, 0.4) is 0 Å². The average Bonchev–Trinajstić information content (AvgIpc) is 2.37. The number of aromatic amines is 1. The van der Waals surface area contributed by atoms with Gasteiger partial charge in [0.15, 0.2) is 0 Å². The van der Waals surface area contributed by atoms with E-state index in [1.165, 1.54) is 0 Å². The third-order valence-electron chi connectivity index (χ3n) is 2.48. The van der Waals surface area contributed by atoms with Gasteiger partial charge in [0.25, 0.3) is 0 Å². The molecule has 1 aromatic heterocycles. The molecule has 68 valence electrons. The molecule has 1 aromatic carbocycles. The largest absolute Gasteiger partial charge is 0.506 e. The van der Waals surface area contributed by atoms with Crippen LogP contribution in [0.25, 0.3) is 10.9 Å². The van der Waals surface area contributed by atoms with Gasteiger partial charge >= 0.3 is 0 Å². The fraction of sp³-hybridized carbons (Fsp3) is 0.200. The molecule has 0 radical (unpaired) electrons. The number of nitrogens with two attached hydrogens (primary N) is 1. The summed E-state index contributed by atoms with van der Waals surface area (Å²) in [4.78, 5) is 3.20. The zero-order valence-electron chi connectivity index (χ0n) is 7.68. The molecule has 0 saturated carbocycles. The van der Waals surface area contributed by atoms with Crippen molar-refractivity contribution in [2.75, 3.05) is 5.73 Å². The molecule has 0 amide bonds. The van der Waals surface area contributed by atoms with Crippen LogP contribution in [0.5, 0.6) is 5.75 Å². The van der Waals surface area contributed by atoms with Gasteiger partial charge in [-0.25, -0.2) is 0 Å². The third kappa shape index (κ3) is 0.967. The van der Waals surface area contributed by atoms with Gasteiger partial charge in [0.05, 0.1) is 5.69 Å². The van der Waals surface area contributed by atoms with Crippen molar-refractivity contribution >= 4 is 16.6 Å². The second kappa shape index (κ2) is 2.42. The fourth-order valence-corrected chi connectivity index (χ4v) is 1.60. The van der Waals surface area contributed by atoms with Gasteiger partial charge in [-0.3, -0.25) is 0 Å². The van der Waals surface area contributed by atoms with Crippen LogP contribution >= 0.6 is 0 Å². The van der Waals surface area contributed by atoms with E-state index in [2.05, 4.69) is 4.98 Å². The molecule has 0 aliphatic rings. The molecule has 4 N–H and O–H groups in total. The summed E-state index contributed by atoms with van der Waals surface area (Å²) < 4.78 is 0. The molecule has 0 saturated heterocycles. The Morgan fingerprint density at radius 1 is 1.31 bits per heavy atom. The number of rotatable bonds is 0. The van der Waals surface area contributed by atoms with Crippen LogP contribution in [-0.4, -0.2) is 10.1 Å². The van der Waals surface area contributed by atoms with E-state index in [0.29, 0.717) is 5.69 Å². The number of nitrogen functional groups attached to an aromatic ring is 1. The normalized spacial score (nSPS) is 10.9. The molecule has 0 aliphatic heterocycles. The molecule has 2 rings (SSSR count). The van der Waals surface area contributed by atoms with Crippen LogP contribution in [-0.2, 0) is 0 Å². The highest BCUT2D eigenvalue weighted by Gasteiger charge is 2.09. The van der Waals surface area contributed by atoms with Gasteiger partial charge in [0.2, 0.25) is 0 Å². The number of hydrogen-bond acceptors (Lipinski definition) is 2. The number of aromatic nitrogens is 1. The summed E-state index contributed by atoms with van der Waals surface area (Å²) in [5.41, 5.74) is 9.39. The van der Waals surface area contributed by atoms with Crippen molar-refractivity contribution < 1.29 is 5.11 Å². The van der Waals surface area contributed by atoms with Crippen LogP contribution in [0, 0.1) is 13.8 Å². The van der Waals surface area contributed by atoms with Crippen LogP contribution < -0.4 is 5.73 Å². The molecule has 0 spiro atoms. The Hall–Kier alpha value is -1.64. The lowest BCUT2D eigenvalue weighted by molar-refractivity contribution is 0.478. The first-order valence-electron chi connectivity index (χ1n) is 4.17. The zero-order valence-corrected chi connectivity index (χ0v) is 7.68. The topological polar surface area (TPSA) is 62.0 Å². The molecule has 0 bridgehead atoms. The lowest BCUT2D eigenvalue weighted by atomic mass is 10.1. The van der Waals surface area contributed by atoms with E-state index in [0.717, 1.165) is 22.2 Å². The molecule has 0 fully saturated rings. The first kappa shape index (κ1) is 7.98. The lowest BCUT2D eigenvalue weighted by Gasteiger charge is -2.00. The SMILES string of the molecule is Cc1[nH]c2ccc(O)c(N)c2c1C. The number of anilines is 1. The van der Waals surface area contributed by atoms with Crippen LogP contribution in [0.4, 0.5) is 5.69 Å². The Kier molecular flexibility index (Phi) is 1.49. The van der Waals surface area contributed by atoms with E-state index in [1.54, 1.807) is 6.07 Å². The van der Waals surface area contributed by atoms with Crippen molar-refractivity contribution in [3.05, 3.63) is 23.4 Å². The summed E-state index contributed by atoms with van der Waals surface area (Å²) in [6.07, 6.45) is 0. The molecule has 0 atom stereocenters. The maximum atomic E-state index is 9.41. The van der Waals surface area contributed by atoms with Crippen LogP contribution in [0.15, 0.2) is 12.1 Å². The zero-order chi connectivity index (χ0) is 9.59. The number of nitrogens with one attached hydrogen (secondary N) is 1. The summed E-state index contributed by atoms with van der Waals surface area (Å²) in [5, 5.41) is 10.3. The summed E-state index contributed by atoms with van der Waals surface area (Å²) in [5.74, 6) is 0.148. The predicted octanol–water partition coefficient (Wildman–Crippen LogP) is 2.07.